The summed E-state index contributed by atoms with van der Waals surface area (Å²) >= 11 is 0. The van der Waals surface area contributed by atoms with E-state index in [1.807, 2.05) is 4.90 Å². The fourth-order valence-electron chi connectivity index (χ4n) is 3.62. The van der Waals surface area contributed by atoms with Gasteiger partial charge in [-0.1, -0.05) is 19.1 Å². The second-order valence-electron chi connectivity index (χ2n) is 7.75. The fourth-order valence-corrected chi connectivity index (χ4v) is 3.62. The van der Waals surface area contributed by atoms with Crippen molar-refractivity contribution in [3.63, 3.8) is 0 Å². The molecule has 0 aromatic heterocycles. The lowest BCUT2D eigenvalue weighted by Gasteiger charge is -2.37. The fraction of sp³-hybridized carbons (Fsp3) is 0.619. The monoisotopic (exact) mass is 560 g/mol. The van der Waals surface area contributed by atoms with Crippen molar-refractivity contribution in [3.05, 3.63) is 39.9 Å². The molecule has 1 aromatic rings. The van der Waals surface area contributed by atoms with Crippen LogP contribution in [-0.4, -0.2) is 97.1 Å². The minimum absolute atomic E-state index is 0. The first kappa shape index (κ1) is 26.3. The summed E-state index contributed by atoms with van der Waals surface area (Å²) in [6.07, 6.45) is 0.991. The van der Waals surface area contributed by atoms with Gasteiger partial charge in [0.15, 0.2) is 5.96 Å². The molecule has 2 saturated heterocycles. The molecule has 10 nitrogen and oxygen atoms in total. The summed E-state index contributed by atoms with van der Waals surface area (Å²) in [6, 6.07) is 6.50. The maximum Gasteiger partial charge on any atom is 0.269 e. The third-order valence-electron chi connectivity index (χ3n) is 5.49. The number of guanidine groups is 1. The molecule has 2 aliphatic rings. The smallest absolute Gasteiger partial charge is 0.269 e. The molecule has 11 heteroatoms. The number of halogens is 1. The minimum atomic E-state index is -0.398. The standard InChI is InChI=1S/C21H32N6O4.HI/c1-2-7-22-21(23-16-18-3-5-19(6-4-18)27(29)30)26-10-8-24(9-11-26)17-20(28)25-12-14-31-15-13-25;/h3-6H,2,7-17H2,1H3,(H,22,23);1H. The number of amides is 1. The van der Waals surface area contributed by atoms with E-state index in [4.69, 9.17) is 9.73 Å². The van der Waals surface area contributed by atoms with Gasteiger partial charge in [0.05, 0.1) is 31.2 Å². The summed E-state index contributed by atoms with van der Waals surface area (Å²) < 4.78 is 5.32. The molecule has 178 valence electrons. The highest BCUT2D eigenvalue weighted by Gasteiger charge is 2.24. The van der Waals surface area contributed by atoms with E-state index in [9.17, 15) is 14.9 Å². The van der Waals surface area contributed by atoms with Crippen LogP contribution in [0.1, 0.15) is 18.9 Å². The molecular formula is C21H33IN6O4. The van der Waals surface area contributed by atoms with Crippen LogP contribution in [0.15, 0.2) is 29.3 Å². The van der Waals surface area contributed by atoms with Gasteiger partial charge in [-0.2, -0.15) is 0 Å². The van der Waals surface area contributed by atoms with E-state index in [2.05, 4.69) is 22.0 Å². The normalized spacial score (nSPS) is 17.6. The predicted octanol–water partition coefficient (Wildman–Crippen LogP) is 1.54. The summed E-state index contributed by atoms with van der Waals surface area (Å²) in [5.74, 6) is 1.02. The molecule has 0 saturated carbocycles. The lowest BCUT2D eigenvalue weighted by molar-refractivity contribution is -0.384. The van der Waals surface area contributed by atoms with Crippen LogP contribution in [0.2, 0.25) is 0 Å². The molecule has 2 aliphatic heterocycles. The lowest BCUT2D eigenvalue weighted by atomic mass is 10.2. The Hall–Kier alpha value is -1.99. The van der Waals surface area contributed by atoms with Crippen molar-refractivity contribution in [2.45, 2.75) is 19.9 Å². The summed E-state index contributed by atoms with van der Waals surface area (Å²) in [4.78, 5) is 33.9. The largest absolute Gasteiger partial charge is 0.378 e. The summed E-state index contributed by atoms with van der Waals surface area (Å²) in [7, 11) is 0. The Bertz CT molecular complexity index is 762. The van der Waals surface area contributed by atoms with Crippen molar-refractivity contribution in [1.82, 2.24) is 20.0 Å². The molecular weight excluding hydrogens is 527 g/mol. The number of carbonyl (C=O) groups is 1. The van der Waals surface area contributed by atoms with Gasteiger partial charge < -0.3 is 19.9 Å². The molecule has 0 radical (unpaired) electrons. The number of morpholine rings is 1. The highest BCUT2D eigenvalue weighted by Crippen LogP contribution is 2.13. The van der Waals surface area contributed by atoms with Gasteiger partial charge in [0.25, 0.3) is 5.69 Å². The Kier molecular flexibility index (Phi) is 11.1. The van der Waals surface area contributed by atoms with Crippen molar-refractivity contribution in [2.75, 3.05) is 65.6 Å². The Morgan fingerprint density at radius 1 is 1.09 bits per heavy atom. The number of piperazine rings is 1. The van der Waals surface area contributed by atoms with Crippen LogP contribution in [-0.2, 0) is 16.1 Å². The number of hydrogen-bond acceptors (Lipinski definition) is 6. The SMILES string of the molecule is CCCNC(=NCc1ccc([N+](=O)[O-])cc1)N1CCN(CC(=O)N2CCOCC2)CC1.I. The average molecular weight is 560 g/mol. The summed E-state index contributed by atoms with van der Waals surface area (Å²) in [5, 5.41) is 14.2. The number of rotatable bonds is 7. The van der Waals surface area contributed by atoms with E-state index in [1.54, 1.807) is 12.1 Å². The number of hydrogen-bond donors (Lipinski definition) is 1. The molecule has 2 fully saturated rings. The van der Waals surface area contributed by atoms with Crippen LogP contribution in [0.25, 0.3) is 0 Å². The van der Waals surface area contributed by atoms with Crippen molar-refractivity contribution in [3.8, 4) is 0 Å². The first-order valence-corrected chi connectivity index (χ1v) is 10.9. The van der Waals surface area contributed by atoms with E-state index in [0.717, 1.165) is 50.7 Å². The second-order valence-corrected chi connectivity index (χ2v) is 7.75. The Balaban J connectivity index is 0.00000363. The molecule has 0 atom stereocenters. The maximum atomic E-state index is 12.5. The van der Waals surface area contributed by atoms with Crippen molar-refractivity contribution in [1.29, 1.82) is 0 Å². The van der Waals surface area contributed by atoms with E-state index in [0.29, 0.717) is 39.4 Å². The van der Waals surface area contributed by atoms with E-state index in [-0.39, 0.29) is 35.6 Å². The first-order chi connectivity index (χ1) is 15.1. The van der Waals surface area contributed by atoms with Crippen LogP contribution < -0.4 is 5.32 Å². The summed E-state index contributed by atoms with van der Waals surface area (Å²) in [5.41, 5.74) is 1.01. The topological polar surface area (TPSA) is 104 Å². The quantitative estimate of drug-likeness (QED) is 0.178. The van der Waals surface area contributed by atoms with Crippen LogP contribution in [0, 0.1) is 10.1 Å². The molecule has 0 spiro atoms. The van der Waals surface area contributed by atoms with Crippen LogP contribution >= 0.6 is 24.0 Å². The third kappa shape index (κ3) is 7.85. The zero-order valence-corrected chi connectivity index (χ0v) is 20.9. The highest BCUT2D eigenvalue weighted by atomic mass is 127. The number of nitrogens with zero attached hydrogens (tertiary/aromatic N) is 5. The molecule has 3 rings (SSSR count). The van der Waals surface area contributed by atoms with Gasteiger partial charge in [-0.15, -0.1) is 24.0 Å². The molecule has 0 unspecified atom stereocenters. The number of non-ortho nitro benzene ring substituents is 1. The van der Waals surface area contributed by atoms with Gasteiger partial charge in [0.2, 0.25) is 5.91 Å². The number of nitro benzene ring substituents is 1. The number of ether oxygens (including phenoxy) is 1. The molecule has 1 N–H and O–H groups in total. The predicted molar refractivity (Wildman–Crippen MR) is 133 cm³/mol. The van der Waals surface area contributed by atoms with Crippen molar-refractivity contribution in [2.24, 2.45) is 4.99 Å². The summed E-state index contributed by atoms with van der Waals surface area (Å²) in [6.45, 7) is 9.66. The Morgan fingerprint density at radius 2 is 1.75 bits per heavy atom. The van der Waals surface area contributed by atoms with Gasteiger partial charge >= 0.3 is 0 Å². The number of nitro groups is 1. The van der Waals surface area contributed by atoms with E-state index >= 15 is 0 Å². The number of benzene rings is 1. The zero-order chi connectivity index (χ0) is 22.1. The average Bonchev–Trinajstić information content (AvgIpc) is 2.80. The van der Waals surface area contributed by atoms with Crippen molar-refractivity contribution < 1.29 is 14.5 Å². The van der Waals surface area contributed by atoms with Crippen molar-refractivity contribution >= 4 is 41.5 Å². The molecule has 1 aromatic carbocycles. The zero-order valence-electron chi connectivity index (χ0n) is 18.6. The Morgan fingerprint density at radius 3 is 2.34 bits per heavy atom. The minimum Gasteiger partial charge on any atom is -0.378 e. The van der Waals surface area contributed by atoms with Crippen LogP contribution in [0.3, 0.4) is 0 Å². The molecule has 0 bridgehead atoms. The molecule has 1 amide bonds. The molecule has 0 aliphatic carbocycles. The Labute approximate surface area is 206 Å². The molecule has 32 heavy (non-hydrogen) atoms. The number of nitrogens with one attached hydrogen (secondary N) is 1. The lowest BCUT2D eigenvalue weighted by Crippen LogP contribution is -2.55. The second kappa shape index (κ2) is 13.5. The van der Waals surface area contributed by atoms with E-state index < -0.39 is 4.92 Å². The van der Waals surface area contributed by atoms with Gasteiger partial charge in [-0.25, -0.2) is 4.99 Å². The van der Waals surface area contributed by atoms with Gasteiger partial charge in [-0.05, 0) is 12.0 Å². The third-order valence-corrected chi connectivity index (χ3v) is 5.49. The van der Waals surface area contributed by atoms with Crippen LogP contribution in [0.5, 0.6) is 0 Å². The van der Waals surface area contributed by atoms with Gasteiger partial charge in [-0.3, -0.25) is 19.8 Å². The number of carbonyl (C=O) groups excluding carboxylic acids is 1. The first-order valence-electron chi connectivity index (χ1n) is 10.9. The highest BCUT2D eigenvalue weighted by molar-refractivity contribution is 14.0. The van der Waals surface area contributed by atoms with E-state index in [1.165, 1.54) is 12.1 Å². The van der Waals surface area contributed by atoms with Crippen LogP contribution in [0.4, 0.5) is 5.69 Å². The van der Waals surface area contributed by atoms with Gasteiger partial charge in [0, 0.05) is 57.9 Å². The van der Waals surface area contributed by atoms with Gasteiger partial charge in [0.1, 0.15) is 0 Å². The maximum absolute atomic E-state index is 12.5. The molecule has 2 heterocycles. The number of aliphatic imine (C=N–C) groups is 1.